The first-order valence-electron chi connectivity index (χ1n) is 9.11. The number of amides is 1. The molecule has 0 aromatic carbocycles. The van der Waals surface area contributed by atoms with Crippen molar-refractivity contribution in [3.8, 4) is 0 Å². The molecule has 25 heavy (non-hydrogen) atoms. The van der Waals surface area contributed by atoms with Gasteiger partial charge in [-0.05, 0) is 48.6 Å². The summed E-state index contributed by atoms with van der Waals surface area (Å²) in [5.74, 6) is 0.950. The molecule has 0 radical (unpaired) electrons. The fourth-order valence-corrected chi connectivity index (χ4v) is 5.37. The van der Waals surface area contributed by atoms with Crippen molar-refractivity contribution in [3.05, 3.63) is 21.9 Å². The van der Waals surface area contributed by atoms with Gasteiger partial charge in [-0.2, -0.15) is 0 Å². The molecule has 1 saturated carbocycles. The van der Waals surface area contributed by atoms with Gasteiger partial charge in [-0.25, -0.2) is 0 Å². The van der Waals surface area contributed by atoms with Crippen LogP contribution in [0.4, 0.5) is 0 Å². The first kappa shape index (κ1) is 21.0. The van der Waals surface area contributed by atoms with Crippen molar-refractivity contribution >= 4 is 42.1 Å². The second-order valence-electron chi connectivity index (χ2n) is 7.29. The lowest BCUT2D eigenvalue weighted by molar-refractivity contribution is -0.122. The average Bonchev–Trinajstić information content (AvgIpc) is 3.20. The highest BCUT2D eigenvalue weighted by Crippen LogP contribution is 2.33. The van der Waals surface area contributed by atoms with Gasteiger partial charge in [0.1, 0.15) is 0 Å². The minimum Gasteiger partial charge on any atom is -0.353 e. The van der Waals surface area contributed by atoms with Gasteiger partial charge in [0.25, 0.3) is 0 Å². The topological polar surface area (TPSA) is 44.4 Å². The smallest absolute Gasteiger partial charge is 0.237 e. The van der Waals surface area contributed by atoms with Gasteiger partial charge in [0.15, 0.2) is 0 Å². The molecule has 3 atom stereocenters. The fourth-order valence-electron chi connectivity index (χ4n) is 4.48. The molecule has 1 aromatic rings. The largest absolute Gasteiger partial charge is 0.353 e. The Labute approximate surface area is 166 Å². The molecular formula is C18H29Cl2N3OS. The van der Waals surface area contributed by atoms with Gasteiger partial charge in [0.2, 0.25) is 5.91 Å². The summed E-state index contributed by atoms with van der Waals surface area (Å²) in [4.78, 5) is 16.4. The Morgan fingerprint density at radius 1 is 1.32 bits per heavy atom. The number of thiophene rings is 1. The first-order chi connectivity index (χ1) is 11.3. The molecule has 4 nitrogen and oxygen atoms in total. The van der Waals surface area contributed by atoms with Crippen molar-refractivity contribution in [1.29, 1.82) is 0 Å². The van der Waals surface area contributed by atoms with Gasteiger partial charge in [0.05, 0.1) is 6.04 Å². The molecule has 3 heterocycles. The summed E-state index contributed by atoms with van der Waals surface area (Å²) < 4.78 is 0. The Hall–Kier alpha value is -0.330. The number of carbonyl (C=O) groups is 1. The molecule has 1 saturated heterocycles. The Bertz CT molecular complexity index is 554. The van der Waals surface area contributed by atoms with E-state index < -0.39 is 0 Å². The summed E-state index contributed by atoms with van der Waals surface area (Å²) >= 11 is 1.88. The molecule has 142 valence electrons. The average molecular weight is 406 g/mol. The first-order valence-corrected chi connectivity index (χ1v) is 9.99. The molecule has 2 aliphatic heterocycles. The van der Waals surface area contributed by atoms with E-state index >= 15 is 0 Å². The number of hydrogen-bond acceptors (Lipinski definition) is 4. The van der Waals surface area contributed by atoms with Crippen molar-refractivity contribution in [1.82, 2.24) is 15.5 Å². The van der Waals surface area contributed by atoms with Crippen molar-refractivity contribution < 1.29 is 4.79 Å². The number of nitrogens with zero attached hydrogens (tertiary/aromatic N) is 1. The maximum atomic E-state index is 12.4. The van der Waals surface area contributed by atoms with Gasteiger partial charge in [0, 0.05) is 37.1 Å². The molecule has 3 unspecified atom stereocenters. The normalized spacial score (nSPS) is 28.2. The van der Waals surface area contributed by atoms with Crippen LogP contribution in [0.2, 0.25) is 0 Å². The van der Waals surface area contributed by atoms with Crippen LogP contribution in [0.25, 0.3) is 0 Å². The van der Waals surface area contributed by atoms with Crippen LogP contribution in [-0.2, 0) is 17.8 Å². The number of rotatable bonds is 4. The molecule has 4 rings (SSSR count). The minimum atomic E-state index is 0. The quantitative estimate of drug-likeness (QED) is 0.808. The number of fused-ring (bicyclic) bond motifs is 2. The highest BCUT2D eigenvalue weighted by atomic mass is 35.5. The molecule has 2 fully saturated rings. The van der Waals surface area contributed by atoms with Gasteiger partial charge in [-0.1, -0.05) is 12.8 Å². The summed E-state index contributed by atoms with van der Waals surface area (Å²) in [6, 6.07) is 2.89. The minimum absolute atomic E-state index is 0. The second-order valence-corrected chi connectivity index (χ2v) is 8.29. The Kier molecular flexibility index (Phi) is 8.02. The summed E-state index contributed by atoms with van der Waals surface area (Å²) in [7, 11) is 0. The number of nitrogens with one attached hydrogen (secondary N) is 2. The number of carbonyl (C=O) groups excluding carboxylic acids is 1. The van der Waals surface area contributed by atoms with Crippen LogP contribution in [0.1, 0.15) is 42.5 Å². The van der Waals surface area contributed by atoms with Crippen LogP contribution < -0.4 is 10.6 Å². The molecule has 2 N–H and O–H groups in total. The van der Waals surface area contributed by atoms with Crippen molar-refractivity contribution in [2.45, 2.75) is 57.2 Å². The summed E-state index contributed by atoms with van der Waals surface area (Å²) in [5.41, 5.74) is 1.48. The van der Waals surface area contributed by atoms with E-state index in [9.17, 15) is 4.79 Å². The zero-order valence-electron chi connectivity index (χ0n) is 14.5. The standard InChI is InChI=1S/C18H27N3OS.2ClH/c22-18(16-11-13-3-1-2-4-15(13)20-16)19-7-9-21-8-5-17-14(12-21)6-10-23-17;;/h6,10,13,15-16,20H,1-5,7-9,11-12H2,(H,19,22);2*1H. The van der Waals surface area contributed by atoms with E-state index in [0.717, 1.165) is 44.9 Å². The van der Waals surface area contributed by atoms with Crippen LogP contribution in [0.3, 0.4) is 0 Å². The zero-order chi connectivity index (χ0) is 15.6. The van der Waals surface area contributed by atoms with E-state index in [-0.39, 0.29) is 36.8 Å². The van der Waals surface area contributed by atoms with Crippen LogP contribution >= 0.6 is 36.2 Å². The molecule has 1 amide bonds. The predicted molar refractivity (Wildman–Crippen MR) is 108 cm³/mol. The summed E-state index contributed by atoms with van der Waals surface area (Å²) in [6.07, 6.45) is 7.43. The molecule has 0 spiro atoms. The third-order valence-corrected chi connectivity index (χ3v) is 6.82. The van der Waals surface area contributed by atoms with Crippen molar-refractivity contribution in [2.75, 3.05) is 19.6 Å². The molecule has 3 aliphatic rings. The summed E-state index contributed by atoms with van der Waals surface area (Å²) in [5, 5.41) is 8.92. The van der Waals surface area contributed by atoms with Gasteiger partial charge in [-0.3, -0.25) is 9.69 Å². The molecule has 0 bridgehead atoms. The molecule has 1 aromatic heterocycles. The molecule has 7 heteroatoms. The lowest BCUT2D eigenvalue weighted by Gasteiger charge is -2.27. The maximum Gasteiger partial charge on any atom is 0.237 e. The monoisotopic (exact) mass is 405 g/mol. The highest BCUT2D eigenvalue weighted by molar-refractivity contribution is 7.10. The van der Waals surface area contributed by atoms with E-state index in [4.69, 9.17) is 0 Å². The molecule has 1 aliphatic carbocycles. The van der Waals surface area contributed by atoms with E-state index in [1.807, 2.05) is 11.3 Å². The predicted octanol–water partition coefficient (Wildman–Crippen LogP) is 2.99. The lowest BCUT2D eigenvalue weighted by atomic mass is 9.85. The van der Waals surface area contributed by atoms with E-state index in [1.165, 1.54) is 31.2 Å². The SMILES string of the molecule is Cl.Cl.O=C(NCCN1CCc2sccc2C1)C1CC2CCCCC2N1. The van der Waals surface area contributed by atoms with E-state index in [1.54, 1.807) is 4.88 Å². The van der Waals surface area contributed by atoms with Crippen LogP contribution in [0.15, 0.2) is 11.4 Å². The van der Waals surface area contributed by atoms with Crippen LogP contribution in [0, 0.1) is 5.92 Å². The summed E-state index contributed by atoms with van der Waals surface area (Å²) in [6.45, 7) is 3.89. The highest BCUT2D eigenvalue weighted by Gasteiger charge is 2.38. The third-order valence-electron chi connectivity index (χ3n) is 5.79. The van der Waals surface area contributed by atoms with Crippen LogP contribution in [0.5, 0.6) is 0 Å². The van der Waals surface area contributed by atoms with Gasteiger partial charge >= 0.3 is 0 Å². The Morgan fingerprint density at radius 3 is 3.00 bits per heavy atom. The van der Waals surface area contributed by atoms with Gasteiger partial charge < -0.3 is 10.6 Å². The zero-order valence-corrected chi connectivity index (χ0v) is 17.0. The lowest BCUT2D eigenvalue weighted by Crippen LogP contribution is -2.45. The van der Waals surface area contributed by atoms with Gasteiger partial charge in [-0.15, -0.1) is 36.2 Å². The second kappa shape index (κ2) is 9.56. The maximum absolute atomic E-state index is 12.4. The van der Waals surface area contributed by atoms with Crippen LogP contribution in [-0.4, -0.2) is 42.5 Å². The Balaban J connectivity index is 0.00000113. The van der Waals surface area contributed by atoms with Crippen molar-refractivity contribution in [3.63, 3.8) is 0 Å². The van der Waals surface area contributed by atoms with Crippen molar-refractivity contribution in [2.24, 2.45) is 5.92 Å². The Morgan fingerprint density at radius 2 is 2.16 bits per heavy atom. The number of hydrogen-bond donors (Lipinski definition) is 2. The van der Waals surface area contributed by atoms with E-state index in [2.05, 4.69) is 27.0 Å². The van der Waals surface area contributed by atoms with E-state index in [0.29, 0.717) is 6.04 Å². The fraction of sp³-hybridized carbons (Fsp3) is 0.722. The molecular weight excluding hydrogens is 377 g/mol. The third kappa shape index (κ3) is 4.89. The number of halogens is 2.